The molecule has 0 amide bonds. The van der Waals surface area contributed by atoms with Gasteiger partial charge in [0.15, 0.2) is 0 Å². The van der Waals surface area contributed by atoms with Gasteiger partial charge in [-0.3, -0.25) is 9.69 Å². The van der Waals surface area contributed by atoms with Gasteiger partial charge < -0.3 is 0 Å². The fourth-order valence-corrected chi connectivity index (χ4v) is 3.59. The Bertz CT molecular complexity index is 272. The maximum atomic E-state index is 11.8. The summed E-state index contributed by atoms with van der Waals surface area (Å²) in [6.45, 7) is 2.51. The van der Waals surface area contributed by atoms with E-state index >= 15 is 0 Å². The second-order valence-corrected chi connectivity index (χ2v) is 5.94. The first-order chi connectivity index (χ1) is 7.84. The number of Topliss-reactive ketones (excluding diaryl/α,β-unsaturated/α-hetero) is 1. The van der Waals surface area contributed by atoms with Crippen LogP contribution in [0.2, 0.25) is 0 Å². The molecule has 1 heterocycles. The van der Waals surface area contributed by atoms with Crippen molar-refractivity contribution in [2.24, 2.45) is 11.8 Å². The molecule has 16 heavy (non-hydrogen) atoms. The number of hydrogen-bond acceptors (Lipinski definition) is 2. The minimum Gasteiger partial charge on any atom is -0.300 e. The Hall–Kier alpha value is -0.370. The molecule has 0 spiro atoms. The van der Waals surface area contributed by atoms with Gasteiger partial charge in [0.05, 0.1) is 0 Å². The summed E-state index contributed by atoms with van der Waals surface area (Å²) in [5.74, 6) is 1.99. The van der Waals surface area contributed by atoms with E-state index in [-0.39, 0.29) is 0 Å². The molecular formula is C14H23NO. The van der Waals surface area contributed by atoms with Crippen molar-refractivity contribution in [3.05, 3.63) is 0 Å². The van der Waals surface area contributed by atoms with Crippen LogP contribution in [0.4, 0.5) is 0 Å². The Morgan fingerprint density at radius 2 is 2.00 bits per heavy atom. The topological polar surface area (TPSA) is 20.3 Å². The van der Waals surface area contributed by atoms with Gasteiger partial charge in [-0.25, -0.2) is 0 Å². The summed E-state index contributed by atoms with van der Waals surface area (Å²) in [6, 6.07) is 0.619. The van der Waals surface area contributed by atoms with E-state index in [2.05, 4.69) is 4.90 Å². The molecule has 3 rings (SSSR count). The first-order valence-electron chi connectivity index (χ1n) is 7.11. The molecule has 90 valence electrons. The molecule has 2 heteroatoms. The van der Waals surface area contributed by atoms with Gasteiger partial charge in [0, 0.05) is 18.4 Å². The van der Waals surface area contributed by atoms with E-state index in [1.165, 1.54) is 51.6 Å². The summed E-state index contributed by atoms with van der Waals surface area (Å²) in [5.41, 5.74) is 0. The lowest BCUT2D eigenvalue weighted by atomic mass is 9.95. The van der Waals surface area contributed by atoms with Crippen molar-refractivity contribution in [3.63, 3.8) is 0 Å². The van der Waals surface area contributed by atoms with E-state index in [0.29, 0.717) is 17.7 Å². The number of carbonyl (C=O) groups is 1. The van der Waals surface area contributed by atoms with E-state index in [4.69, 9.17) is 0 Å². The fourth-order valence-electron chi connectivity index (χ4n) is 3.59. The van der Waals surface area contributed by atoms with E-state index in [0.717, 1.165) is 18.8 Å². The number of hydrogen-bond donors (Lipinski definition) is 0. The van der Waals surface area contributed by atoms with Crippen LogP contribution in [-0.4, -0.2) is 29.8 Å². The molecule has 0 radical (unpaired) electrons. The van der Waals surface area contributed by atoms with E-state index < -0.39 is 0 Å². The molecule has 0 aromatic carbocycles. The van der Waals surface area contributed by atoms with Crippen LogP contribution in [0, 0.1) is 11.8 Å². The van der Waals surface area contributed by atoms with Crippen molar-refractivity contribution < 1.29 is 4.79 Å². The van der Waals surface area contributed by atoms with Crippen LogP contribution in [0.3, 0.4) is 0 Å². The SMILES string of the molecule is O=C1CCCC1C1CCCN1CCC1CC1. The Balaban J connectivity index is 1.56. The Kier molecular flexibility index (Phi) is 3.01. The summed E-state index contributed by atoms with van der Waals surface area (Å²) in [4.78, 5) is 14.5. The van der Waals surface area contributed by atoms with Crippen molar-refractivity contribution in [2.75, 3.05) is 13.1 Å². The van der Waals surface area contributed by atoms with Crippen molar-refractivity contribution >= 4 is 5.78 Å². The van der Waals surface area contributed by atoms with Crippen molar-refractivity contribution in [1.82, 2.24) is 4.90 Å². The zero-order valence-corrected chi connectivity index (χ0v) is 10.2. The molecule has 2 unspecified atom stereocenters. The molecule has 3 aliphatic rings. The molecule has 2 atom stereocenters. The molecule has 2 saturated carbocycles. The molecule has 2 nitrogen and oxygen atoms in total. The molecule has 3 fully saturated rings. The van der Waals surface area contributed by atoms with Gasteiger partial charge in [-0.05, 0) is 51.1 Å². The molecule has 0 aromatic heterocycles. The van der Waals surface area contributed by atoms with Crippen LogP contribution in [0.5, 0.6) is 0 Å². The Morgan fingerprint density at radius 3 is 2.69 bits per heavy atom. The van der Waals surface area contributed by atoms with Gasteiger partial charge in [0.2, 0.25) is 0 Å². The van der Waals surface area contributed by atoms with Gasteiger partial charge in [0.25, 0.3) is 0 Å². The average molecular weight is 221 g/mol. The van der Waals surface area contributed by atoms with Crippen molar-refractivity contribution in [3.8, 4) is 0 Å². The Labute approximate surface area is 98.4 Å². The molecule has 0 aromatic rings. The predicted molar refractivity (Wildman–Crippen MR) is 64.3 cm³/mol. The van der Waals surface area contributed by atoms with Crippen LogP contribution >= 0.6 is 0 Å². The smallest absolute Gasteiger partial charge is 0.137 e. The average Bonchev–Trinajstić information content (AvgIpc) is 2.83. The second-order valence-electron chi connectivity index (χ2n) is 5.94. The van der Waals surface area contributed by atoms with Crippen molar-refractivity contribution in [1.29, 1.82) is 0 Å². The predicted octanol–water partition coefficient (Wildman–Crippen LogP) is 2.62. The second kappa shape index (κ2) is 4.48. The van der Waals surface area contributed by atoms with Gasteiger partial charge >= 0.3 is 0 Å². The van der Waals surface area contributed by atoms with Crippen LogP contribution in [0.25, 0.3) is 0 Å². The lowest BCUT2D eigenvalue weighted by Crippen LogP contribution is -2.38. The molecule has 0 bridgehead atoms. The van der Waals surface area contributed by atoms with Crippen LogP contribution in [-0.2, 0) is 4.79 Å². The highest BCUT2D eigenvalue weighted by molar-refractivity contribution is 5.83. The Morgan fingerprint density at radius 1 is 1.12 bits per heavy atom. The number of rotatable bonds is 4. The van der Waals surface area contributed by atoms with Gasteiger partial charge in [-0.2, -0.15) is 0 Å². The van der Waals surface area contributed by atoms with Gasteiger partial charge in [-0.1, -0.05) is 12.8 Å². The maximum absolute atomic E-state index is 11.8. The van der Waals surface area contributed by atoms with Crippen LogP contribution in [0.15, 0.2) is 0 Å². The van der Waals surface area contributed by atoms with E-state index in [1.54, 1.807) is 0 Å². The van der Waals surface area contributed by atoms with Gasteiger partial charge in [0.1, 0.15) is 5.78 Å². The van der Waals surface area contributed by atoms with Crippen LogP contribution in [0.1, 0.15) is 51.4 Å². The molecule has 0 N–H and O–H groups in total. The van der Waals surface area contributed by atoms with Crippen molar-refractivity contribution in [2.45, 2.75) is 57.4 Å². The highest BCUT2D eigenvalue weighted by Gasteiger charge is 2.38. The molecule has 1 saturated heterocycles. The fraction of sp³-hybridized carbons (Fsp3) is 0.929. The summed E-state index contributed by atoms with van der Waals surface area (Å²) in [7, 11) is 0. The zero-order valence-electron chi connectivity index (χ0n) is 10.2. The van der Waals surface area contributed by atoms with Gasteiger partial charge in [-0.15, -0.1) is 0 Å². The number of likely N-dealkylation sites (tertiary alicyclic amines) is 1. The lowest BCUT2D eigenvalue weighted by molar-refractivity contribution is -0.122. The lowest BCUT2D eigenvalue weighted by Gasteiger charge is -2.28. The quantitative estimate of drug-likeness (QED) is 0.727. The first-order valence-corrected chi connectivity index (χ1v) is 7.11. The minimum atomic E-state index is 0.404. The normalized spacial score (nSPS) is 36.1. The number of carbonyl (C=O) groups excluding carboxylic acids is 1. The van der Waals surface area contributed by atoms with Crippen LogP contribution < -0.4 is 0 Å². The van der Waals surface area contributed by atoms with E-state index in [9.17, 15) is 4.79 Å². The summed E-state index contributed by atoms with van der Waals surface area (Å²) in [5, 5.41) is 0. The third-order valence-corrected chi connectivity index (χ3v) is 4.75. The standard InChI is InChI=1S/C14H23NO/c16-14-5-1-3-12(14)13-4-2-9-15(13)10-8-11-6-7-11/h11-13H,1-10H2. The third kappa shape index (κ3) is 2.17. The monoisotopic (exact) mass is 221 g/mol. The summed E-state index contributed by atoms with van der Waals surface area (Å²) < 4.78 is 0. The minimum absolute atomic E-state index is 0.404. The summed E-state index contributed by atoms with van der Waals surface area (Å²) >= 11 is 0. The highest BCUT2D eigenvalue weighted by Crippen LogP contribution is 2.36. The number of nitrogens with zero attached hydrogens (tertiary/aromatic N) is 1. The molecular weight excluding hydrogens is 198 g/mol. The zero-order chi connectivity index (χ0) is 11.0. The maximum Gasteiger partial charge on any atom is 0.137 e. The largest absolute Gasteiger partial charge is 0.300 e. The number of ketones is 1. The highest BCUT2D eigenvalue weighted by atomic mass is 16.1. The van der Waals surface area contributed by atoms with E-state index in [1.807, 2.05) is 0 Å². The first kappa shape index (κ1) is 10.8. The molecule has 2 aliphatic carbocycles. The summed E-state index contributed by atoms with van der Waals surface area (Å²) in [6.07, 6.45) is 10.1. The molecule has 1 aliphatic heterocycles. The third-order valence-electron chi connectivity index (χ3n) is 4.75.